The average molecular weight is 465 g/mol. The first kappa shape index (κ1) is 23.0. The van der Waals surface area contributed by atoms with Crippen molar-refractivity contribution in [1.82, 2.24) is 10.2 Å². The molecule has 3 rings (SSSR count). The number of benzene rings is 2. The highest BCUT2D eigenvalue weighted by molar-refractivity contribution is 7.99. The number of hydrogen-bond donors (Lipinski definition) is 1. The summed E-state index contributed by atoms with van der Waals surface area (Å²) in [6.07, 6.45) is 0.897. The summed E-state index contributed by atoms with van der Waals surface area (Å²) in [5.41, 5.74) is 2.49. The van der Waals surface area contributed by atoms with E-state index >= 15 is 0 Å². The molecule has 1 fully saturated rings. The molecule has 4 nitrogen and oxygen atoms in total. The second-order valence-electron chi connectivity index (χ2n) is 7.93. The maximum absolute atomic E-state index is 13.5. The molecule has 2 aromatic carbocycles. The lowest BCUT2D eigenvalue weighted by molar-refractivity contribution is -0.124. The minimum absolute atomic E-state index is 0.119. The van der Waals surface area contributed by atoms with Crippen molar-refractivity contribution in [2.45, 2.75) is 38.6 Å². The van der Waals surface area contributed by atoms with E-state index in [4.69, 9.17) is 23.2 Å². The van der Waals surface area contributed by atoms with Crippen molar-refractivity contribution < 1.29 is 9.59 Å². The lowest BCUT2D eigenvalue weighted by Gasteiger charge is -2.29. The number of amides is 2. The van der Waals surface area contributed by atoms with E-state index in [2.05, 4.69) is 19.2 Å². The van der Waals surface area contributed by atoms with Crippen LogP contribution in [0.4, 0.5) is 0 Å². The fourth-order valence-corrected chi connectivity index (χ4v) is 5.05. The fourth-order valence-electron chi connectivity index (χ4n) is 3.33. The van der Waals surface area contributed by atoms with Gasteiger partial charge in [-0.05, 0) is 49.1 Å². The van der Waals surface area contributed by atoms with Gasteiger partial charge < -0.3 is 10.2 Å². The van der Waals surface area contributed by atoms with Crippen LogP contribution < -0.4 is 5.32 Å². The molecule has 0 saturated carbocycles. The number of carbonyl (C=O) groups is 2. The van der Waals surface area contributed by atoms with Crippen LogP contribution in [-0.4, -0.2) is 35.1 Å². The van der Waals surface area contributed by atoms with E-state index in [-0.39, 0.29) is 17.2 Å². The smallest absolute Gasteiger partial charge is 0.255 e. The molecule has 1 saturated heterocycles. The molecule has 1 heterocycles. The van der Waals surface area contributed by atoms with Gasteiger partial charge in [0.05, 0.1) is 10.0 Å². The monoisotopic (exact) mass is 464 g/mol. The number of carbonyl (C=O) groups excluding carboxylic acids is 2. The number of rotatable bonds is 6. The summed E-state index contributed by atoms with van der Waals surface area (Å²) in [7, 11) is 0. The quantitative estimate of drug-likeness (QED) is 0.594. The van der Waals surface area contributed by atoms with Crippen molar-refractivity contribution >= 4 is 46.8 Å². The molecule has 1 N–H and O–H groups in total. The molecule has 0 aromatic heterocycles. The Morgan fingerprint density at radius 2 is 1.83 bits per heavy atom. The second kappa shape index (κ2) is 10.1. The third-order valence-corrected chi connectivity index (χ3v) is 7.15. The Hall–Kier alpha value is -1.69. The summed E-state index contributed by atoms with van der Waals surface area (Å²) in [6.45, 7) is 6.81. The Morgan fingerprint density at radius 1 is 1.13 bits per heavy atom. The molecule has 0 radical (unpaired) electrons. The van der Waals surface area contributed by atoms with Crippen molar-refractivity contribution in [1.29, 1.82) is 0 Å². The van der Waals surface area contributed by atoms with Gasteiger partial charge in [-0.2, -0.15) is 0 Å². The summed E-state index contributed by atoms with van der Waals surface area (Å²) in [5.74, 6) is 0.736. The molecule has 7 heteroatoms. The van der Waals surface area contributed by atoms with Crippen LogP contribution >= 0.6 is 35.0 Å². The van der Waals surface area contributed by atoms with Gasteiger partial charge >= 0.3 is 0 Å². The maximum Gasteiger partial charge on any atom is 0.255 e. The Kier molecular flexibility index (Phi) is 7.72. The number of thioether (sulfide) groups is 1. The van der Waals surface area contributed by atoms with Crippen LogP contribution in [0, 0.1) is 12.8 Å². The lowest BCUT2D eigenvalue weighted by atomic mass is 10.1. The minimum atomic E-state index is -0.546. The van der Waals surface area contributed by atoms with Crippen LogP contribution in [0.5, 0.6) is 0 Å². The predicted octanol–water partition coefficient (Wildman–Crippen LogP) is 5.72. The number of nitrogens with one attached hydrogen (secondary N) is 1. The zero-order chi connectivity index (χ0) is 21.8. The average Bonchev–Trinajstić information content (AvgIpc) is 3.15. The maximum atomic E-state index is 13.5. The molecule has 1 aliphatic heterocycles. The molecular weight excluding hydrogens is 439 g/mol. The summed E-state index contributed by atoms with van der Waals surface area (Å²) in [6, 6.07) is 12.2. The normalized spacial score (nSPS) is 18.7. The van der Waals surface area contributed by atoms with Gasteiger partial charge in [0.15, 0.2) is 0 Å². The highest BCUT2D eigenvalue weighted by Gasteiger charge is 2.42. The Balaban J connectivity index is 1.90. The van der Waals surface area contributed by atoms with Crippen molar-refractivity contribution in [3.05, 3.63) is 69.2 Å². The molecule has 30 heavy (non-hydrogen) atoms. The van der Waals surface area contributed by atoms with Gasteiger partial charge in [0.25, 0.3) is 5.91 Å². The first-order chi connectivity index (χ1) is 14.3. The first-order valence-electron chi connectivity index (χ1n) is 10.0. The van der Waals surface area contributed by atoms with Crippen molar-refractivity contribution in [3.63, 3.8) is 0 Å². The van der Waals surface area contributed by atoms with E-state index in [0.717, 1.165) is 17.5 Å². The van der Waals surface area contributed by atoms with E-state index in [1.165, 1.54) is 0 Å². The largest absolute Gasteiger partial charge is 0.354 e. The molecule has 160 valence electrons. The van der Waals surface area contributed by atoms with Gasteiger partial charge in [-0.25, -0.2) is 0 Å². The van der Waals surface area contributed by atoms with E-state index < -0.39 is 6.04 Å². The molecule has 2 amide bonds. The van der Waals surface area contributed by atoms with Crippen LogP contribution in [0.2, 0.25) is 10.0 Å². The Labute approximate surface area is 192 Å². The van der Waals surface area contributed by atoms with Crippen LogP contribution in [0.1, 0.15) is 47.1 Å². The molecule has 0 bridgehead atoms. The minimum Gasteiger partial charge on any atom is -0.354 e. The fraction of sp³-hybridized carbons (Fsp3) is 0.391. The summed E-state index contributed by atoms with van der Waals surface area (Å²) in [5, 5.41) is 3.58. The second-order valence-corrected chi connectivity index (χ2v) is 9.85. The SMILES string of the molecule is Cc1ccc(C(=O)N2C(C(=O)NCCC(C)C)CSC2c2ccc(Cl)c(Cl)c2)cc1. The summed E-state index contributed by atoms with van der Waals surface area (Å²) in [4.78, 5) is 28.1. The zero-order valence-corrected chi connectivity index (χ0v) is 19.7. The highest BCUT2D eigenvalue weighted by Crippen LogP contribution is 2.43. The Bertz CT molecular complexity index is 918. The third-order valence-electron chi connectivity index (χ3n) is 5.09. The van der Waals surface area contributed by atoms with Crippen LogP contribution in [0.3, 0.4) is 0 Å². The van der Waals surface area contributed by atoms with Crippen molar-refractivity contribution in [2.75, 3.05) is 12.3 Å². The number of aryl methyl sites for hydroxylation is 1. The number of nitrogens with zero attached hydrogens (tertiary/aromatic N) is 1. The van der Waals surface area contributed by atoms with Gasteiger partial charge in [0.2, 0.25) is 5.91 Å². The highest BCUT2D eigenvalue weighted by atomic mass is 35.5. The molecule has 1 aliphatic rings. The van der Waals surface area contributed by atoms with Crippen LogP contribution in [0.15, 0.2) is 42.5 Å². The standard InChI is InChI=1S/C23H26Cl2N2O2S/c1-14(2)10-11-26-21(28)20-13-30-23(17-8-9-18(24)19(25)12-17)27(20)22(29)16-6-4-15(3)5-7-16/h4-9,12,14,20,23H,10-11,13H2,1-3H3,(H,26,28). The van der Waals surface area contributed by atoms with Gasteiger partial charge in [-0.3, -0.25) is 9.59 Å². The van der Waals surface area contributed by atoms with E-state index in [1.807, 2.05) is 25.1 Å². The summed E-state index contributed by atoms with van der Waals surface area (Å²) < 4.78 is 0. The van der Waals surface area contributed by atoms with Gasteiger partial charge in [-0.15, -0.1) is 11.8 Å². The Morgan fingerprint density at radius 3 is 2.47 bits per heavy atom. The predicted molar refractivity (Wildman–Crippen MR) is 125 cm³/mol. The topological polar surface area (TPSA) is 49.4 Å². The van der Waals surface area contributed by atoms with Crippen LogP contribution in [0.25, 0.3) is 0 Å². The zero-order valence-electron chi connectivity index (χ0n) is 17.3. The molecule has 0 aliphatic carbocycles. The lowest BCUT2D eigenvalue weighted by Crippen LogP contribution is -2.48. The van der Waals surface area contributed by atoms with Crippen LogP contribution in [-0.2, 0) is 4.79 Å². The summed E-state index contributed by atoms with van der Waals surface area (Å²) >= 11 is 13.9. The molecule has 2 aromatic rings. The van der Waals surface area contributed by atoms with Crippen molar-refractivity contribution in [2.24, 2.45) is 5.92 Å². The van der Waals surface area contributed by atoms with E-state index in [1.54, 1.807) is 40.9 Å². The number of halogens is 2. The molecule has 2 unspecified atom stereocenters. The van der Waals surface area contributed by atoms with Crippen molar-refractivity contribution in [3.8, 4) is 0 Å². The van der Waals surface area contributed by atoms with Gasteiger partial charge in [0.1, 0.15) is 11.4 Å². The van der Waals surface area contributed by atoms with E-state index in [0.29, 0.717) is 33.8 Å². The van der Waals surface area contributed by atoms with Gasteiger partial charge in [0, 0.05) is 17.9 Å². The number of hydrogen-bond acceptors (Lipinski definition) is 3. The van der Waals surface area contributed by atoms with E-state index in [9.17, 15) is 9.59 Å². The molecule has 0 spiro atoms. The van der Waals surface area contributed by atoms with Gasteiger partial charge in [-0.1, -0.05) is 60.8 Å². The third kappa shape index (κ3) is 5.32. The molecular formula is C23H26Cl2N2O2S. The first-order valence-corrected chi connectivity index (χ1v) is 11.8. The molecule has 2 atom stereocenters.